The molecular weight excluding hydrogens is 208 g/mol. The molecule has 0 saturated carbocycles. The zero-order valence-electron chi connectivity index (χ0n) is 7.83. The third-order valence-electron chi connectivity index (χ3n) is 1.75. The van der Waals surface area contributed by atoms with Gasteiger partial charge in [-0.05, 0) is 12.1 Å². The number of aliphatic imine (C=N–C) groups is 1. The van der Waals surface area contributed by atoms with Gasteiger partial charge in [0, 0.05) is 17.2 Å². The van der Waals surface area contributed by atoms with Crippen molar-refractivity contribution in [3.05, 3.63) is 41.3 Å². The second-order valence-corrected chi connectivity index (χ2v) is 3.92. The third kappa shape index (κ3) is 2.61. The van der Waals surface area contributed by atoms with E-state index in [1.54, 1.807) is 6.21 Å². The third-order valence-corrected chi connectivity index (χ3v) is 2.66. The predicted molar refractivity (Wildman–Crippen MR) is 60.6 cm³/mol. The molecule has 1 aromatic carbocycles. The van der Waals surface area contributed by atoms with Gasteiger partial charge in [0.1, 0.15) is 5.75 Å². The molecule has 15 heavy (non-hydrogen) atoms. The van der Waals surface area contributed by atoms with E-state index >= 15 is 0 Å². The molecule has 0 bridgehead atoms. The van der Waals surface area contributed by atoms with Gasteiger partial charge >= 0.3 is 0 Å². The van der Waals surface area contributed by atoms with Crippen LogP contribution in [0.2, 0.25) is 0 Å². The van der Waals surface area contributed by atoms with Crippen molar-refractivity contribution in [1.82, 2.24) is 0 Å². The van der Waals surface area contributed by atoms with E-state index in [2.05, 4.69) is 4.99 Å². The summed E-state index contributed by atoms with van der Waals surface area (Å²) in [7, 11) is 0. The van der Waals surface area contributed by atoms with Gasteiger partial charge in [0.15, 0.2) is 0 Å². The number of hydrogen-bond donors (Lipinski definition) is 0. The Kier molecular flexibility index (Phi) is 3.05. The summed E-state index contributed by atoms with van der Waals surface area (Å²) in [5.74, 6) is 0.783. The van der Waals surface area contributed by atoms with E-state index in [1.165, 1.54) is 17.8 Å². The van der Waals surface area contributed by atoms with Crippen molar-refractivity contribution in [1.29, 1.82) is 5.26 Å². The zero-order valence-corrected chi connectivity index (χ0v) is 8.65. The molecule has 2 rings (SSSR count). The Bertz CT molecular complexity index is 434. The Morgan fingerprint density at radius 1 is 1.40 bits per heavy atom. The predicted octanol–water partition coefficient (Wildman–Crippen LogP) is 2.57. The van der Waals surface area contributed by atoms with Crippen LogP contribution in [0.5, 0.6) is 5.75 Å². The highest BCUT2D eigenvalue weighted by atomic mass is 32.2. The van der Waals surface area contributed by atoms with Crippen LogP contribution in [0, 0.1) is 11.3 Å². The van der Waals surface area contributed by atoms with Crippen LogP contribution in [-0.2, 0) is 0 Å². The molecule has 0 saturated heterocycles. The average molecular weight is 216 g/mol. The summed E-state index contributed by atoms with van der Waals surface area (Å²) >= 11 is 1.42. The Morgan fingerprint density at radius 2 is 2.20 bits per heavy atom. The number of hydrogen-bond acceptors (Lipinski definition) is 4. The lowest BCUT2D eigenvalue weighted by Crippen LogP contribution is -2.04. The standard InChI is InChI=1S/C11H8N2OS/c12-7-6-10-8-13-11(15-10)14-9-4-2-1-3-5-9/h1-6,8,11H/b10-6+. The Labute approximate surface area is 92.1 Å². The van der Waals surface area contributed by atoms with Crippen molar-refractivity contribution >= 4 is 18.0 Å². The fraction of sp³-hybridized carbons (Fsp3) is 0.0909. The summed E-state index contributed by atoms with van der Waals surface area (Å²) in [6.45, 7) is 0. The molecule has 0 spiro atoms. The lowest BCUT2D eigenvalue weighted by atomic mass is 10.3. The van der Waals surface area contributed by atoms with E-state index < -0.39 is 0 Å². The van der Waals surface area contributed by atoms with Gasteiger partial charge in [0.05, 0.1) is 6.07 Å². The quantitative estimate of drug-likeness (QED) is 0.714. The SMILES string of the molecule is N#C/C=C1\C=NC(Oc2ccccc2)S1. The monoisotopic (exact) mass is 216 g/mol. The Hall–Kier alpha value is -1.73. The number of ether oxygens (including phenoxy) is 1. The molecular formula is C11H8N2OS. The van der Waals surface area contributed by atoms with Gasteiger partial charge in [0.2, 0.25) is 5.56 Å². The molecule has 0 fully saturated rings. The lowest BCUT2D eigenvalue weighted by Gasteiger charge is -2.09. The fourth-order valence-corrected chi connectivity index (χ4v) is 1.87. The highest BCUT2D eigenvalue weighted by molar-refractivity contribution is 8.04. The normalized spacial score (nSPS) is 21.5. The molecule has 0 aromatic heterocycles. The first-order valence-corrected chi connectivity index (χ1v) is 5.28. The number of rotatable bonds is 2. The average Bonchev–Trinajstić information content (AvgIpc) is 2.68. The van der Waals surface area contributed by atoms with Crippen molar-refractivity contribution < 1.29 is 4.74 Å². The smallest absolute Gasteiger partial charge is 0.242 e. The van der Waals surface area contributed by atoms with Crippen LogP contribution in [-0.4, -0.2) is 11.8 Å². The number of nitriles is 1. The van der Waals surface area contributed by atoms with Crippen LogP contribution in [0.25, 0.3) is 0 Å². The summed E-state index contributed by atoms with van der Waals surface area (Å²) in [6.07, 6.45) is 3.12. The van der Waals surface area contributed by atoms with Crippen molar-refractivity contribution in [3.63, 3.8) is 0 Å². The number of para-hydroxylation sites is 1. The van der Waals surface area contributed by atoms with Gasteiger partial charge in [-0.1, -0.05) is 30.0 Å². The molecule has 4 heteroatoms. The first-order valence-electron chi connectivity index (χ1n) is 4.40. The van der Waals surface area contributed by atoms with Crippen molar-refractivity contribution in [3.8, 4) is 11.8 Å². The molecule has 0 aliphatic carbocycles. The van der Waals surface area contributed by atoms with Gasteiger partial charge in [0.25, 0.3) is 0 Å². The summed E-state index contributed by atoms with van der Waals surface area (Å²) < 4.78 is 5.57. The number of allylic oxidation sites excluding steroid dienone is 2. The largest absolute Gasteiger partial charge is 0.459 e. The van der Waals surface area contributed by atoms with Crippen molar-refractivity contribution in [2.75, 3.05) is 0 Å². The molecule has 3 nitrogen and oxygen atoms in total. The minimum Gasteiger partial charge on any atom is -0.459 e. The molecule has 0 amide bonds. The van der Waals surface area contributed by atoms with Gasteiger partial charge in [-0.2, -0.15) is 5.26 Å². The summed E-state index contributed by atoms with van der Waals surface area (Å²) in [5.41, 5.74) is -0.271. The molecule has 1 aromatic rings. The van der Waals surface area contributed by atoms with E-state index in [1.807, 2.05) is 36.4 Å². The molecule has 1 unspecified atom stereocenters. The number of thioether (sulfide) groups is 1. The van der Waals surface area contributed by atoms with E-state index in [9.17, 15) is 0 Å². The zero-order chi connectivity index (χ0) is 10.5. The van der Waals surface area contributed by atoms with Gasteiger partial charge in [-0.25, -0.2) is 4.99 Å². The van der Waals surface area contributed by atoms with Crippen LogP contribution in [0.4, 0.5) is 0 Å². The van der Waals surface area contributed by atoms with E-state index in [0.717, 1.165) is 10.7 Å². The minimum absolute atomic E-state index is 0.271. The van der Waals surface area contributed by atoms with Crippen LogP contribution in [0.1, 0.15) is 0 Å². The molecule has 1 heterocycles. The summed E-state index contributed by atoms with van der Waals surface area (Å²) in [6, 6.07) is 11.5. The first-order chi connectivity index (χ1) is 7.38. The minimum atomic E-state index is -0.271. The van der Waals surface area contributed by atoms with Crippen LogP contribution in [0.15, 0.2) is 46.3 Å². The molecule has 74 valence electrons. The number of nitrogens with zero attached hydrogens (tertiary/aromatic N) is 2. The van der Waals surface area contributed by atoms with E-state index in [-0.39, 0.29) is 5.56 Å². The molecule has 1 aliphatic heterocycles. The second kappa shape index (κ2) is 4.67. The van der Waals surface area contributed by atoms with Crippen LogP contribution >= 0.6 is 11.8 Å². The van der Waals surface area contributed by atoms with Crippen molar-refractivity contribution in [2.45, 2.75) is 5.56 Å². The Balaban J connectivity index is 1.98. The highest BCUT2D eigenvalue weighted by Crippen LogP contribution is 2.29. The van der Waals surface area contributed by atoms with Gasteiger partial charge < -0.3 is 4.74 Å². The topological polar surface area (TPSA) is 45.4 Å². The molecule has 1 aliphatic rings. The maximum atomic E-state index is 8.46. The fourth-order valence-electron chi connectivity index (χ4n) is 1.12. The molecule has 0 radical (unpaired) electrons. The van der Waals surface area contributed by atoms with E-state index in [0.29, 0.717) is 0 Å². The maximum absolute atomic E-state index is 8.46. The van der Waals surface area contributed by atoms with Gasteiger partial charge in [-0.3, -0.25) is 0 Å². The highest BCUT2D eigenvalue weighted by Gasteiger charge is 2.16. The Morgan fingerprint density at radius 3 is 2.93 bits per heavy atom. The first kappa shape index (κ1) is 9.81. The second-order valence-electron chi connectivity index (χ2n) is 2.81. The summed E-state index contributed by atoms with van der Waals surface area (Å²) in [5, 5.41) is 8.46. The van der Waals surface area contributed by atoms with E-state index in [4.69, 9.17) is 10.00 Å². The van der Waals surface area contributed by atoms with Crippen LogP contribution < -0.4 is 4.74 Å². The summed E-state index contributed by atoms with van der Waals surface area (Å²) in [4.78, 5) is 4.96. The maximum Gasteiger partial charge on any atom is 0.242 e. The van der Waals surface area contributed by atoms with Crippen LogP contribution in [0.3, 0.4) is 0 Å². The van der Waals surface area contributed by atoms with Crippen molar-refractivity contribution in [2.24, 2.45) is 4.99 Å². The number of benzene rings is 1. The molecule has 1 atom stereocenters. The lowest BCUT2D eigenvalue weighted by molar-refractivity contribution is 0.301. The van der Waals surface area contributed by atoms with Gasteiger partial charge in [-0.15, -0.1) is 0 Å². The molecule has 0 N–H and O–H groups in total.